The van der Waals surface area contributed by atoms with Gasteiger partial charge in [-0.3, -0.25) is 9.78 Å². The number of amides is 1. The Kier molecular flexibility index (Phi) is 4.41. The zero-order valence-electron chi connectivity index (χ0n) is 13.1. The van der Waals surface area contributed by atoms with Gasteiger partial charge in [-0.1, -0.05) is 6.07 Å². The van der Waals surface area contributed by atoms with Crippen LogP contribution in [-0.4, -0.2) is 34.1 Å². The van der Waals surface area contributed by atoms with Crippen LogP contribution < -0.4 is 10.2 Å². The number of hydrogen-bond donors (Lipinski definition) is 2. The second-order valence-corrected chi connectivity index (χ2v) is 5.74. The normalized spacial score (nSPS) is 14.0. The Hall–Kier alpha value is -2.63. The second-order valence-electron chi connectivity index (χ2n) is 5.74. The average molecular weight is 312 g/mol. The summed E-state index contributed by atoms with van der Waals surface area (Å²) in [6, 6.07) is 5.37. The van der Waals surface area contributed by atoms with Gasteiger partial charge in [0.15, 0.2) is 0 Å². The van der Waals surface area contributed by atoms with E-state index < -0.39 is 0 Å². The molecule has 0 aliphatic carbocycles. The summed E-state index contributed by atoms with van der Waals surface area (Å²) in [5, 5.41) is 12.3. The highest BCUT2D eigenvalue weighted by Crippen LogP contribution is 2.23. The zero-order chi connectivity index (χ0) is 16.2. The van der Waals surface area contributed by atoms with E-state index in [0.29, 0.717) is 12.1 Å². The van der Waals surface area contributed by atoms with E-state index in [0.717, 1.165) is 30.2 Å². The molecule has 1 saturated heterocycles. The van der Waals surface area contributed by atoms with Crippen molar-refractivity contribution in [3.8, 4) is 5.75 Å². The molecule has 1 aliphatic rings. The van der Waals surface area contributed by atoms with Crippen LogP contribution in [0.2, 0.25) is 0 Å². The lowest BCUT2D eigenvalue weighted by Crippen LogP contribution is -2.26. The third-order valence-corrected chi connectivity index (χ3v) is 3.93. The number of pyridine rings is 2. The predicted octanol–water partition coefficient (Wildman–Crippen LogP) is 2.02. The molecule has 23 heavy (non-hydrogen) atoms. The first-order valence-electron chi connectivity index (χ1n) is 7.77. The maximum absolute atomic E-state index is 12.2. The number of carbonyl (C=O) groups is 1. The Labute approximate surface area is 135 Å². The summed E-state index contributed by atoms with van der Waals surface area (Å²) < 4.78 is 0. The van der Waals surface area contributed by atoms with E-state index in [1.54, 1.807) is 0 Å². The first-order chi connectivity index (χ1) is 11.1. The maximum atomic E-state index is 12.2. The minimum Gasteiger partial charge on any atom is -0.506 e. The molecule has 6 nitrogen and oxygen atoms in total. The highest BCUT2D eigenvalue weighted by molar-refractivity contribution is 5.94. The van der Waals surface area contributed by atoms with Crippen LogP contribution in [0.3, 0.4) is 0 Å². The Bertz CT molecular complexity index is 711. The fourth-order valence-corrected chi connectivity index (χ4v) is 2.74. The van der Waals surface area contributed by atoms with Crippen LogP contribution in [0, 0.1) is 6.92 Å². The largest absolute Gasteiger partial charge is 0.506 e. The molecule has 0 aromatic carbocycles. The van der Waals surface area contributed by atoms with E-state index in [9.17, 15) is 9.90 Å². The van der Waals surface area contributed by atoms with Crippen molar-refractivity contribution in [1.29, 1.82) is 0 Å². The number of aromatic hydroxyl groups is 1. The standard InChI is InChI=1S/C17H20N4O2/c1-12-4-5-13(16(20-12)21-6-2-3-7-21)10-19-17(23)14-8-15(22)11-18-9-14/h4-5,8-9,11,22H,2-3,6-7,10H2,1H3,(H,19,23). The third kappa shape index (κ3) is 3.59. The SMILES string of the molecule is Cc1ccc(CNC(=O)c2cncc(O)c2)c(N2CCCC2)n1. The van der Waals surface area contributed by atoms with Gasteiger partial charge in [0, 0.05) is 37.1 Å². The van der Waals surface area contributed by atoms with E-state index in [2.05, 4.69) is 20.2 Å². The van der Waals surface area contributed by atoms with E-state index >= 15 is 0 Å². The molecule has 2 aromatic heterocycles. The maximum Gasteiger partial charge on any atom is 0.253 e. The second kappa shape index (κ2) is 6.64. The zero-order valence-corrected chi connectivity index (χ0v) is 13.1. The smallest absolute Gasteiger partial charge is 0.253 e. The van der Waals surface area contributed by atoms with Crippen molar-refractivity contribution in [1.82, 2.24) is 15.3 Å². The fourth-order valence-electron chi connectivity index (χ4n) is 2.74. The van der Waals surface area contributed by atoms with E-state index in [1.807, 2.05) is 19.1 Å². The van der Waals surface area contributed by atoms with Crippen molar-refractivity contribution in [3.05, 3.63) is 47.4 Å². The summed E-state index contributed by atoms with van der Waals surface area (Å²) in [5.41, 5.74) is 2.31. The highest BCUT2D eigenvalue weighted by atomic mass is 16.3. The van der Waals surface area contributed by atoms with Gasteiger partial charge < -0.3 is 15.3 Å². The first kappa shape index (κ1) is 15.3. The first-order valence-corrected chi connectivity index (χ1v) is 7.77. The van der Waals surface area contributed by atoms with Gasteiger partial charge in [0.1, 0.15) is 11.6 Å². The number of nitrogens with one attached hydrogen (secondary N) is 1. The van der Waals surface area contributed by atoms with Crippen molar-refractivity contribution in [2.75, 3.05) is 18.0 Å². The van der Waals surface area contributed by atoms with E-state index in [4.69, 9.17) is 0 Å². The minimum atomic E-state index is -0.263. The van der Waals surface area contributed by atoms with Gasteiger partial charge in [-0.25, -0.2) is 4.98 Å². The van der Waals surface area contributed by atoms with Crippen LogP contribution in [0.4, 0.5) is 5.82 Å². The Morgan fingerprint density at radius 3 is 2.83 bits per heavy atom. The molecule has 0 unspecified atom stereocenters. The molecule has 1 fully saturated rings. The quantitative estimate of drug-likeness (QED) is 0.903. The molecule has 0 saturated carbocycles. The van der Waals surface area contributed by atoms with Crippen LogP contribution in [0.1, 0.15) is 34.5 Å². The van der Waals surface area contributed by atoms with Gasteiger partial charge in [-0.05, 0) is 31.9 Å². The fraction of sp³-hybridized carbons (Fsp3) is 0.353. The van der Waals surface area contributed by atoms with Gasteiger partial charge in [0.25, 0.3) is 5.91 Å². The predicted molar refractivity (Wildman–Crippen MR) is 87.5 cm³/mol. The molecule has 3 rings (SSSR count). The molecular formula is C17H20N4O2. The average Bonchev–Trinajstić information content (AvgIpc) is 3.07. The molecule has 2 N–H and O–H groups in total. The monoisotopic (exact) mass is 312 g/mol. The van der Waals surface area contributed by atoms with Gasteiger partial charge in [-0.2, -0.15) is 0 Å². The molecule has 3 heterocycles. The number of anilines is 1. The molecule has 1 amide bonds. The topological polar surface area (TPSA) is 78.3 Å². The lowest BCUT2D eigenvalue weighted by Gasteiger charge is -2.20. The minimum absolute atomic E-state index is 0.0209. The number of rotatable bonds is 4. The Morgan fingerprint density at radius 2 is 2.09 bits per heavy atom. The van der Waals surface area contributed by atoms with E-state index in [1.165, 1.54) is 31.3 Å². The summed E-state index contributed by atoms with van der Waals surface area (Å²) in [7, 11) is 0. The summed E-state index contributed by atoms with van der Waals surface area (Å²) in [5.74, 6) is 0.672. The van der Waals surface area contributed by atoms with Crippen LogP contribution in [0.25, 0.3) is 0 Å². The van der Waals surface area contributed by atoms with Crippen LogP contribution in [0.5, 0.6) is 5.75 Å². The number of aryl methyl sites for hydroxylation is 1. The molecule has 0 atom stereocenters. The summed E-state index contributed by atoms with van der Waals surface area (Å²) in [6.45, 7) is 4.38. The molecule has 120 valence electrons. The number of aromatic nitrogens is 2. The molecule has 0 radical (unpaired) electrons. The molecule has 0 bridgehead atoms. The van der Waals surface area contributed by atoms with Crippen molar-refractivity contribution >= 4 is 11.7 Å². The van der Waals surface area contributed by atoms with Crippen molar-refractivity contribution in [3.63, 3.8) is 0 Å². The Balaban J connectivity index is 1.74. The lowest BCUT2D eigenvalue weighted by molar-refractivity contribution is 0.0950. The molecular weight excluding hydrogens is 292 g/mol. The van der Waals surface area contributed by atoms with E-state index in [-0.39, 0.29) is 11.7 Å². The van der Waals surface area contributed by atoms with Gasteiger partial charge in [0.2, 0.25) is 0 Å². The molecule has 1 aliphatic heterocycles. The van der Waals surface area contributed by atoms with Crippen molar-refractivity contribution in [2.24, 2.45) is 0 Å². The van der Waals surface area contributed by atoms with Crippen LogP contribution >= 0.6 is 0 Å². The van der Waals surface area contributed by atoms with Crippen molar-refractivity contribution in [2.45, 2.75) is 26.3 Å². The Morgan fingerprint density at radius 1 is 1.30 bits per heavy atom. The summed E-state index contributed by atoms with van der Waals surface area (Å²) in [4.78, 5) is 22.9. The van der Waals surface area contributed by atoms with Crippen molar-refractivity contribution < 1.29 is 9.90 Å². The lowest BCUT2D eigenvalue weighted by atomic mass is 10.2. The number of carbonyl (C=O) groups excluding carboxylic acids is 1. The summed E-state index contributed by atoms with van der Waals surface area (Å²) >= 11 is 0. The molecule has 6 heteroatoms. The summed E-state index contributed by atoms with van der Waals surface area (Å²) in [6.07, 6.45) is 5.09. The van der Waals surface area contributed by atoms with Gasteiger partial charge in [-0.15, -0.1) is 0 Å². The number of nitrogens with zero attached hydrogens (tertiary/aromatic N) is 3. The number of hydrogen-bond acceptors (Lipinski definition) is 5. The van der Waals surface area contributed by atoms with Gasteiger partial charge >= 0.3 is 0 Å². The molecule has 2 aromatic rings. The van der Waals surface area contributed by atoms with Gasteiger partial charge in [0.05, 0.1) is 11.8 Å². The molecule has 0 spiro atoms. The van der Waals surface area contributed by atoms with Crippen LogP contribution in [0.15, 0.2) is 30.6 Å². The highest BCUT2D eigenvalue weighted by Gasteiger charge is 2.18. The third-order valence-electron chi connectivity index (χ3n) is 3.93. The van der Waals surface area contributed by atoms with Crippen LogP contribution in [-0.2, 0) is 6.54 Å².